The van der Waals surface area contributed by atoms with E-state index in [1.807, 2.05) is 30.3 Å². The van der Waals surface area contributed by atoms with Crippen LogP contribution in [-0.2, 0) is 0 Å². The summed E-state index contributed by atoms with van der Waals surface area (Å²) in [6, 6.07) is 9.77. The van der Waals surface area contributed by atoms with Crippen molar-refractivity contribution in [1.82, 2.24) is 0 Å². The smallest absolute Gasteiger partial charge is 0.125 e. The molecule has 0 heterocycles. The fourth-order valence-corrected chi connectivity index (χ4v) is 0.922. The largest absolute Gasteiger partial charge is 0.384 e. The second-order valence-corrected chi connectivity index (χ2v) is 2.45. The van der Waals surface area contributed by atoms with Crippen LogP contribution < -0.4 is 5.73 Å². The minimum atomic E-state index is 0.487. The first-order chi connectivity index (χ1) is 5.75. The topological polar surface area (TPSA) is 38.4 Å². The molecule has 0 saturated heterocycles. The van der Waals surface area contributed by atoms with Crippen molar-refractivity contribution >= 4 is 11.4 Å². The molecule has 62 valence electrons. The molecular formula is C10H12N2. The Kier molecular flexibility index (Phi) is 2.64. The normalized spacial score (nSPS) is 11.2. The summed E-state index contributed by atoms with van der Waals surface area (Å²) in [6.07, 6.45) is 0. The van der Waals surface area contributed by atoms with Crippen LogP contribution in [0.3, 0.4) is 0 Å². The minimum Gasteiger partial charge on any atom is -0.384 e. The molecule has 0 amide bonds. The van der Waals surface area contributed by atoms with Crippen molar-refractivity contribution in [2.45, 2.75) is 0 Å². The Morgan fingerprint density at radius 1 is 1.33 bits per heavy atom. The van der Waals surface area contributed by atoms with Crippen LogP contribution in [0.1, 0.15) is 5.56 Å². The molecule has 2 nitrogen and oxygen atoms in total. The molecule has 12 heavy (non-hydrogen) atoms. The minimum absolute atomic E-state index is 0.487. The number of benzene rings is 1. The van der Waals surface area contributed by atoms with Gasteiger partial charge in [0.25, 0.3) is 0 Å². The summed E-state index contributed by atoms with van der Waals surface area (Å²) < 4.78 is 0. The Labute approximate surface area is 72.4 Å². The number of rotatable bonds is 2. The SMILES string of the molecule is C=C(C(N)=NC)c1ccccc1. The summed E-state index contributed by atoms with van der Waals surface area (Å²) >= 11 is 0. The molecule has 0 unspecified atom stereocenters. The van der Waals surface area contributed by atoms with Gasteiger partial charge in [0.05, 0.1) is 0 Å². The van der Waals surface area contributed by atoms with Crippen LogP contribution in [0.15, 0.2) is 41.9 Å². The second-order valence-electron chi connectivity index (χ2n) is 2.45. The van der Waals surface area contributed by atoms with Crippen molar-refractivity contribution in [3.8, 4) is 0 Å². The van der Waals surface area contributed by atoms with E-state index in [4.69, 9.17) is 5.73 Å². The number of nitrogens with zero attached hydrogens (tertiary/aromatic N) is 1. The highest BCUT2D eigenvalue weighted by molar-refractivity contribution is 6.21. The fourth-order valence-electron chi connectivity index (χ4n) is 0.922. The van der Waals surface area contributed by atoms with Gasteiger partial charge in [-0.05, 0) is 5.56 Å². The lowest BCUT2D eigenvalue weighted by Crippen LogP contribution is -2.12. The number of amidine groups is 1. The summed E-state index contributed by atoms with van der Waals surface area (Å²) in [5.74, 6) is 0.487. The highest BCUT2D eigenvalue weighted by Gasteiger charge is 1.99. The first kappa shape index (κ1) is 8.53. The molecular weight excluding hydrogens is 148 g/mol. The van der Waals surface area contributed by atoms with Crippen molar-refractivity contribution in [3.63, 3.8) is 0 Å². The molecule has 0 fully saturated rings. The molecule has 0 aliphatic carbocycles. The van der Waals surface area contributed by atoms with Gasteiger partial charge in [0.1, 0.15) is 5.84 Å². The molecule has 0 aliphatic rings. The number of hydrogen-bond donors (Lipinski definition) is 1. The quantitative estimate of drug-likeness (QED) is 0.519. The van der Waals surface area contributed by atoms with Gasteiger partial charge in [-0.2, -0.15) is 0 Å². The third-order valence-corrected chi connectivity index (χ3v) is 1.67. The second kappa shape index (κ2) is 3.72. The first-order valence-corrected chi connectivity index (χ1v) is 3.72. The van der Waals surface area contributed by atoms with E-state index < -0.39 is 0 Å². The van der Waals surface area contributed by atoms with Crippen molar-refractivity contribution in [2.24, 2.45) is 10.7 Å². The molecule has 0 spiro atoms. The van der Waals surface area contributed by atoms with E-state index in [9.17, 15) is 0 Å². The number of nitrogens with two attached hydrogens (primary N) is 1. The molecule has 1 aromatic carbocycles. The van der Waals surface area contributed by atoms with E-state index in [0.717, 1.165) is 11.1 Å². The fraction of sp³-hybridized carbons (Fsp3) is 0.100. The Morgan fingerprint density at radius 3 is 2.42 bits per heavy atom. The zero-order valence-electron chi connectivity index (χ0n) is 7.12. The predicted octanol–water partition coefficient (Wildman–Crippen LogP) is 1.69. The van der Waals surface area contributed by atoms with Gasteiger partial charge in [-0.15, -0.1) is 0 Å². The molecule has 0 aromatic heterocycles. The highest BCUT2D eigenvalue weighted by atomic mass is 14.8. The van der Waals surface area contributed by atoms with Crippen molar-refractivity contribution in [1.29, 1.82) is 0 Å². The summed E-state index contributed by atoms with van der Waals surface area (Å²) in [6.45, 7) is 3.84. The van der Waals surface area contributed by atoms with Crippen LogP contribution in [0.5, 0.6) is 0 Å². The Morgan fingerprint density at radius 2 is 1.92 bits per heavy atom. The standard InChI is InChI=1S/C10H12N2/c1-8(10(11)12-2)9-6-4-3-5-7-9/h3-7H,1H2,2H3,(H2,11,12). The van der Waals surface area contributed by atoms with Crippen LogP contribution in [0.4, 0.5) is 0 Å². The molecule has 1 aromatic rings. The average Bonchev–Trinajstić information content (AvgIpc) is 2.17. The summed E-state index contributed by atoms with van der Waals surface area (Å²) in [5.41, 5.74) is 7.39. The van der Waals surface area contributed by atoms with E-state index in [1.165, 1.54) is 0 Å². The lowest BCUT2D eigenvalue weighted by molar-refractivity contribution is 1.41. The van der Waals surface area contributed by atoms with Crippen LogP contribution in [-0.4, -0.2) is 12.9 Å². The van der Waals surface area contributed by atoms with Crippen LogP contribution in [0.25, 0.3) is 5.57 Å². The van der Waals surface area contributed by atoms with Gasteiger partial charge in [-0.3, -0.25) is 4.99 Å². The highest BCUT2D eigenvalue weighted by Crippen LogP contribution is 2.10. The van der Waals surface area contributed by atoms with Crippen LogP contribution in [0.2, 0.25) is 0 Å². The van der Waals surface area contributed by atoms with Gasteiger partial charge in [0.15, 0.2) is 0 Å². The Hall–Kier alpha value is -1.57. The van der Waals surface area contributed by atoms with Crippen molar-refractivity contribution < 1.29 is 0 Å². The van der Waals surface area contributed by atoms with E-state index >= 15 is 0 Å². The van der Waals surface area contributed by atoms with E-state index in [0.29, 0.717) is 5.84 Å². The number of hydrogen-bond acceptors (Lipinski definition) is 1. The van der Waals surface area contributed by atoms with Gasteiger partial charge in [0.2, 0.25) is 0 Å². The maximum absolute atomic E-state index is 5.60. The molecule has 0 aliphatic heterocycles. The molecule has 0 atom stereocenters. The van der Waals surface area contributed by atoms with Gasteiger partial charge in [-0.1, -0.05) is 36.9 Å². The third kappa shape index (κ3) is 1.72. The lowest BCUT2D eigenvalue weighted by Gasteiger charge is -2.03. The van der Waals surface area contributed by atoms with Crippen molar-refractivity contribution in [3.05, 3.63) is 42.5 Å². The summed E-state index contributed by atoms with van der Waals surface area (Å²) in [4.78, 5) is 3.86. The maximum atomic E-state index is 5.60. The van der Waals surface area contributed by atoms with E-state index in [1.54, 1.807) is 7.05 Å². The van der Waals surface area contributed by atoms with Gasteiger partial charge < -0.3 is 5.73 Å². The lowest BCUT2D eigenvalue weighted by atomic mass is 10.1. The van der Waals surface area contributed by atoms with Crippen LogP contribution in [0, 0.1) is 0 Å². The maximum Gasteiger partial charge on any atom is 0.125 e. The average molecular weight is 160 g/mol. The molecule has 2 N–H and O–H groups in total. The van der Waals surface area contributed by atoms with E-state index in [2.05, 4.69) is 11.6 Å². The van der Waals surface area contributed by atoms with Gasteiger partial charge >= 0.3 is 0 Å². The molecule has 0 radical (unpaired) electrons. The zero-order chi connectivity index (χ0) is 8.97. The van der Waals surface area contributed by atoms with Gasteiger partial charge in [-0.25, -0.2) is 0 Å². The summed E-state index contributed by atoms with van der Waals surface area (Å²) in [7, 11) is 1.66. The van der Waals surface area contributed by atoms with E-state index in [-0.39, 0.29) is 0 Å². The molecule has 2 heteroatoms. The van der Waals surface area contributed by atoms with Gasteiger partial charge in [0, 0.05) is 12.6 Å². The first-order valence-electron chi connectivity index (χ1n) is 3.72. The summed E-state index contributed by atoms with van der Waals surface area (Å²) in [5, 5.41) is 0. The molecule has 0 bridgehead atoms. The predicted molar refractivity (Wildman–Crippen MR) is 53.0 cm³/mol. The van der Waals surface area contributed by atoms with Crippen LogP contribution >= 0.6 is 0 Å². The van der Waals surface area contributed by atoms with Crippen molar-refractivity contribution in [2.75, 3.05) is 7.05 Å². The zero-order valence-corrected chi connectivity index (χ0v) is 7.12. The Balaban J connectivity index is 2.94. The third-order valence-electron chi connectivity index (χ3n) is 1.67. The number of aliphatic imine (C=N–C) groups is 1. The molecule has 0 saturated carbocycles. The monoisotopic (exact) mass is 160 g/mol. The molecule has 1 rings (SSSR count). The Bertz CT molecular complexity index is 299.